The van der Waals surface area contributed by atoms with Crippen LogP contribution in [0.5, 0.6) is 0 Å². The smallest absolute Gasteiger partial charge is 0.256 e. The number of hydrogen-bond donors (Lipinski definition) is 1. The van der Waals surface area contributed by atoms with E-state index in [9.17, 15) is 4.79 Å². The van der Waals surface area contributed by atoms with Gasteiger partial charge >= 0.3 is 0 Å². The Kier molecular flexibility index (Phi) is 6.75. The van der Waals surface area contributed by atoms with E-state index in [0.717, 1.165) is 32.7 Å². The molecule has 158 valence electrons. The summed E-state index contributed by atoms with van der Waals surface area (Å²) in [6, 6.07) is 8.80. The van der Waals surface area contributed by atoms with Crippen molar-refractivity contribution in [3.05, 3.63) is 52.4 Å². The van der Waals surface area contributed by atoms with Crippen molar-refractivity contribution in [2.45, 2.75) is 52.5 Å². The lowest BCUT2D eigenvalue weighted by Crippen LogP contribution is -2.44. The summed E-state index contributed by atoms with van der Waals surface area (Å²) < 4.78 is 10.9. The van der Waals surface area contributed by atoms with Crippen molar-refractivity contribution in [2.24, 2.45) is 0 Å². The molecule has 1 atom stereocenters. The number of ether oxygens (including phenoxy) is 1. The van der Waals surface area contributed by atoms with Gasteiger partial charge in [0, 0.05) is 25.0 Å². The number of aromatic nitrogens is 1. The standard InChI is InChI=1S/C23H33N3O3/c1-6-17-7-9-18(10-8-17)19(26-11-13-28-14-12-26)15-24-22(27)20-16(2)29-25-21(20)23(3,4)5/h7-10,19H,6,11-15H2,1-5H3,(H,24,27). The molecule has 6 nitrogen and oxygen atoms in total. The van der Waals surface area contributed by atoms with Gasteiger partial charge < -0.3 is 14.6 Å². The first-order chi connectivity index (χ1) is 13.8. The highest BCUT2D eigenvalue weighted by Crippen LogP contribution is 2.27. The van der Waals surface area contributed by atoms with E-state index in [0.29, 0.717) is 23.6 Å². The molecule has 2 heterocycles. The van der Waals surface area contributed by atoms with Gasteiger partial charge in [-0.15, -0.1) is 0 Å². The van der Waals surface area contributed by atoms with E-state index in [1.807, 2.05) is 20.8 Å². The molecule has 1 N–H and O–H groups in total. The van der Waals surface area contributed by atoms with Crippen LogP contribution in [0.15, 0.2) is 28.8 Å². The van der Waals surface area contributed by atoms with E-state index in [4.69, 9.17) is 9.26 Å². The lowest BCUT2D eigenvalue weighted by Gasteiger charge is -2.35. The van der Waals surface area contributed by atoms with E-state index >= 15 is 0 Å². The molecule has 0 saturated carbocycles. The molecule has 0 radical (unpaired) electrons. The minimum atomic E-state index is -0.260. The number of carbonyl (C=O) groups excluding carboxylic acids is 1. The van der Waals surface area contributed by atoms with Gasteiger partial charge in [0.05, 0.1) is 19.3 Å². The van der Waals surface area contributed by atoms with E-state index in [2.05, 4.69) is 46.6 Å². The molecule has 0 bridgehead atoms. The van der Waals surface area contributed by atoms with Gasteiger partial charge in [-0.25, -0.2) is 0 Å². The Bertz CT molecular complexity index is 815. The molecule has 29 heavy (non-hydrogen) atoms. The SMILES string of the molecule is CCc1ccc(C(CNC(=O)c2c(C(C)(C)C)noc2C)N2CCOCC2)cc1. The summed E-state index contributed by atoms with van der Waals surface area (Å²) in [7, 11) is 0. The van der Waals surface area contributed by atoms with Crippen LogP contribution in [0.25, 0.3) is 0 Å². The fourth-order valence-corrected chi connectivity index (χ4v) is 3.75. The van der Waals surface area contributed by atoms with Crippen LogP contribution in [0.1, 0.15) is 66.7 Å². The monoisotopic (exact) mass is 399 g/mol. The molecule has 1 aliphatic rings. The average molecular weight is 400 g/mol. The summed E-state index contributed by atoms with van der Waals surface area (Å²) in [5.74, 6) is 0.430. The first-order valence-electron chi connectivity index (χ1n) is 10.5. The van der Waals surface area contributed by atoms with Crippen molar-refractivity contribution < 1.29 is 14.1 Å². The minimum absolute atomic E-state index is 0.104. The number of amides is 1. The third kappa shape index (κ3) is 5.06. The van der Waals surface area contributed by atoms with E-state index in [-0.39, 0.29) is 17.4 Å². The largest absolute Gasteiger partial charge is 0.379 e. The average Bonchev–Trinajstić information content (AvgIpc) is 3.11. The molecule has 6 heteroatoms. The van der Waals surface area contributed by atoms with Crippen LogP contribution < -0.4 is 5.32 Å². The van der Waals surface area contributed by atoms with Gasteiger partial charge in [0.15, 0.2) is 0 Å². The van der Waals surface area contributed by atoms with Gasteiger partial charge in [-0.1, -0.05) is 57.1 Å². The van der Waals surface area contributed by atoms with Crippen LogP contribution in [0.3, 0.4) is 0 Å². The maximum absolute atomic E-state index is 13.1. The molecular formula is C23H33N3O3. The molecule has 1 aliphatic heterocycles. The fourth-order valence-electron chi connectivity index (χ4n) is 3.75. The Morgan fingerprint density at radius 3 is 2.45 bits per heavy atom. The second-order valence-corrected chi connectivity index (χ2v) is 8.68. The molecule has 1 fully saturated rings. The number of nitrogens with zero attached hydrogens (tertiary/aromatic N) is 2. The summed E-state index contributed by atoms with van der Waals surface area (Å²) in [5.41, 5.74) is 3.52. The highest BCUT2D eigenvalue weighted by Gasteiger charge is 2.30. The molecule has 1 aromatic heterocycles. The second kappa shape index (κ2) is 9.09. The van der Waals surface area contributed by atoms with Crippen LogP contribution >= 0.6 is 0 Å². The van der Waals surface area contributed by atoms with Crippen molar-refractivity contribution in [3.8, 4) is 0 Å². The zero-order valence-corrected chi connectivity index (χ0v) is 18.2. The van der Waals surface area contributed by atoms with Crippen molar-refractivity contribution in [3.63, 3.8) is 0 Å². The molecule has 1 amide bonds. The van der Waals surface area contributed by atoms with Crippen LogP contribution in [-0.4, -0.2) is 48.8 Å². The summed E-state index contributed by atoms with van der Waals surface area (Å²) >= 11 is 0. The van der Waals surface area contributed by atoms with Crippen molar-refractivity contribution in [1.29, 1.82) is 0 Å². The summed E-state index contributed by atoms with van der Waals surface area (Å²) in [6.07, 6.45) is 1.02. The lowest BCUT2D eigenvalue weighted by molar-refractivity contribution is 0.0162. The Balaban J connectivity index is 1.79. The van der Waals surface area contributed by atoms with Crippen LogP contribution in [-0.2, 0) is 16.6 Å². The number of rotatable bonds is 6. The Morgan fingerprint density at radius 2 is 1.86 bits per heavy atom. The normalized spacial score (nSPS) is 16.6. The number of benzene rings is 1. The number of carbonyl (C=O) groups is 1. The van der Waals surface area contributed by atoms with Gasteiger partial charge in [0.1, 0.15) is 17.0 Å². The summed E-state index contributed by atoms with van der Waals surface area (Å²) in [6.45, 7) is 13.7. The van der Waals surface area contributed by atoms with Gasteiger partial charge in [-0.2, -0.15) is 0 Å². The molecular weight excluding hydrogens is 366 g/mol. The van der Waals surface area contributed by atoms with Crippen LogP contribution in [0.4, 0.5) is 0 Å². The highest BCUT2D eigenvalue weighted by atomic mass is 16.5. The van der Waals surface area contributed by atoms with E-state index in [1.165, 1.54) is 11.1 Å². The molecule has 1 unspecified atom stereocenters. The molecule has 2 aromatic rings. The van der Waals surface area contributed by atoms with Gasteiger partial charge in [-0.05, 0) is 24.5 Å². The lowest BCUT2D eigenvalue weighted by atomic mass is 9.88. The van der Waals surface area contributed by atoms with Crippen molar-refractivity contribution in [1.82, 2.24) is 15.4 Å². The van der Waals surface area contributed by atoms with Crippen LogP contribution in [0.2, 0.25) is 0 Å². The quantitative estimate of drug-likeness (QED) is 0.803. The minimum Gasteiger partial charge on any atom is -0.379 e. The number of morpholine rings is 1. The number of hydrogen-bond acceptors (Lipinski definition) is 5. The van der Waals surface area contributed by atoms with Gasteiger partial charge in [0.25, 0.3) is 5.91 Å². The van der Waals surface area contributed by atoms with Gasteiger partial charge in [0.2, 0.25) is 0 Å². The fraction of sp³-hybridized carbons (Fsp3) is 0.565. The first-order valence-corrected chi connectivity index (χ1v) is 10.5. The third-order valence-electron chi connectivity index (χ3n) is 5.52. The maximum atomic E-state index is 13.1. The zero-order valence-electron chi connectivity index (χ0n) is 18.2. The first kappa shape index (κ1) is 21.5. The number of aryl methyl sites for hydroxylation is 2. The third-order valence-corrected chi connectivity index (χ3v) is 5.52. The molecule has 1 aromatic carbocycles. The second-order valence-electron chi connectivity index (χ2n) is 8.68. The zero-order chi connectivity index (χ0) is 21.0. The molecule has 3 rings (SSSR count). The van der Waals surface area contributed by atoms with Gasteiger partial charge in [-0.3, -0.25) is 9.69 Å². The predicted molar refractivity (Wildman–Crippen MR) is 113 cm³/mol. The Labute approximate surface area is 173 Å². The summed E-state index contributed by atoms with van der Waals surface area (Å²) in [4.78, 5) is 15.4. The van der Waals surface area contributed by atoms with Crippen molar-refractivity contribution in [2.75, 3.05) is 32.8 Å². The Morgan fingerprint density at radius 1 is 1.21 bits per heavy atom. The van der Waals surface area contributed by atoms with E-state index < -0.39 is 0 Å². The van der Waals surface area contributed by atoms with E-state index in [1.54, 1.807) is 6.92 Å². The molecule has 0 aliphatic carbocycles. The summed E-state index contributed by atoms with van der Waals surface area (Å²) in [5, 5.41) is 7.28. The van der Waals surface area contributed by atoms with Crippen LogP contribution in [0, 0.1) is 6.92 Å². The predicted octanol–water partition coefficient (Wildman–Crippen LogP) is 3.65. The molecule has 1 saturated heterocycles. The van der Waals surface area contributed by atoms with Crippen molar-refractivity contribution >= 4 is 5.91 Å². The Hall–Kier alpha value is -2.18. The highest BCUT2D eigenvalue weighted by molar-refractivity contribution is 5.96. The number of nitrogens with one attached hydrogen (secondary N) is 1. The maximum Gasteiger partial charge on any atom is 0.256 e. The topological polar surface area (TPSA) is 67.6 Å². The molecule has 0 spiro atoms.